The third-order valence-corrected chi connectivity index (χ3v) is 5.25. The van der Waals surface area contributed by atoms with Crippen LogP contribution in [0.1, 0.15) is 23.3 Å². The number of hydrogen-bond donors (Lipinski definition) is 2. The molecule has 1 aromatic heterocycles. The van der Waals surface area contributed by atoms with Gasteiger partial charge in [-0.25, -0.2) is 0 Å². The SMILES string of the molecule is CN=C(NCc1ccccc1CN(C)Cc1ccco1)NC1CCN(CC(F)(F)F)C1. The molecule has 1 aromatic carbocycles. The average molecular weight is 438 g/mol. The Hall–Kier alpha value is -2.52. The second kappa shape index (κ2) is 10.7. The highest BCUT2D eigenvalue weighted by molar-refractivity contribution is 5.80. The molecule has 0 spiro atoms. The number of nitrogens with zero attached hydrogens (tertiary/aromatic N) is 3. The monoisotopic (exact) mass is 437 g/mol. The number of halogens is 3. The quantitative estimate of drug-likeness (QED) is 0.491. The number of guanidine groups is 1. The topological polar surface area (TPSA) is 56.0 Å². The molecule has 1 saturated heterocycles. The summed E-state index contributed by atoms with van der Waals surface area (Å²) in [5.41, 5.74) is 2.33. The molecule has 6 nitrogen and oxygen atoms in total. The highest BCUT2D eigenvalue weighted by Crippen LogP contribution is 2.20. The van der Waals surface area contributed by atoms with E-state index in [1.807, 2.05) is 31.3 Å². The number of aliphatic imine (C=N–C) groups is 1. The minimum absolute atomic E-state index is 0.0526. The fourth-order valence-corrected chi connectivity index (χ4v) is 3.81. The Bertz CT molecular complexity index is 838. The summed E-state index contributed by atoms with van der Waals surface area (Å²) in [6.07, 6.45) is -1.83. The Morgan fingerprint density at radius 1 is 1.19 bits per heavy atom. The lowest BCUT2D eigenvalue weighted by Gasteiger charge is -2.21. The third-order valence-electron chi connectivity index (χ3n) is 5.25. The van der Waals surface area contributed by atoms with E-state index in [9.17, 15) is 13.2 Å². The van der Waals surface area contributed by atoms with Crippen molar-refractivity contribution in [1.29, 1.82) is 0 Å². The van der Waals surface area contributed by atoms with Crippen molar-refractivity contribution < 1.29 is 17.6 Å². The van der Waals surface area contributed by atoms with Gasteiger partial charge in [0.25, 0.3) is 0 Å². The minimum Gasteiger partial charge on any atom is -0.468 e. The molecule has 9 heteroatoms. The van der Waals surface area contributed by atoms with Gasteiger partial charge in [0.2, 0.25) is 0 Å². The molecule has 1 fully saturated rings. The first-order valence-corrected chi connectivity index (χ1v) is 10.4. The van der Waals surface area contributed by atoms with Crippen LogP contribution < -0.4 is 10.6 Å². The maximum Gasteiger partial charge on any atom is 0.401 e. The molecular weight excluding hydrogens is 407 g/mol. The average Bonchev–Trinajstić information content (AvgIpc) is 3.36. The Labute approximate surface area is 181 Å². The molecule has 2 heterocycles. The highest BCUT2D eigenvalue weighted by Gasteiger charge is 2.34. The molecule has 2 aromatic rings. The Morgan fingerprint density at radius 3 is 2.65 bits per heavy atom. The van der Waals surface area contributed by atoms with Crippen LogP contribution in [-0.4, -0.2) is 61.7 Å². The van der Waals surface area contributed by atoms with Gasteiger partial charge < -0.3 is 15.1 Å². The van der Waals surface area contributed by atoms with Crippen molar-refractivity contribution in [3.63, 3.8) is 0 Å². The summed E-state index contributed by atoms with van der Waals surface area (Å²) in [7, 11) is 3.71. The predicted molar refractivity (Wildman–Crippen MR) is 115 cm³/mol. The summed E-state index contributed by atoms with van der Waals surface area (Å²) in [4.78, 5) is 7.84. The van der Waals surface area contributed by atoms with Crippen molar-refractivity contribution in [1.82, 2.24) is 20.4 Å². The first kappa shape index (κ1) is 23.1. The van der Waals surface area contributed by atoms with E-state index in [4.69, 9.17) is 4.42 Å². The molecule has 3 rings (SSSR count). The van der Waals surface area contributed by atoms with E-state index in [2.05, 4.69) is 32.7 Å². The number of hydrogen-bond acceptors (Lipinski definition) is 4. The first-order chi connectivity index (χ1) is 14.8. The van der Waals surface area contributed by atoms with Crippen molar-refractivity contribution in [2.45, 2.75) is 38.3 Å². The Morgan fingerprint density at radius 2 is 1.97 bits per heavy atom. The number of benzene rings is 1. The van der Waals surface area contributed by atoms with Crippen LogP contribution in [0.15, 0.2) is 52.1 Å². The fourth-order valence-electron chi connectivity index (χ4n) is 3.81. The lowest BCUT2D eigenvalue weighted by molar-refractivity contribution is -0.143. The number of alkyl halides is 3. The van der Waals surface area contributed by atoms with Gasteiger partial charge in [0, 0.05) is 39.3 Å². The van der Waals surface area contributed by atoms with Gasteiger partial charge in [0.05, 0.1) is 19.4 Å². The second-order valence-corrected chi connectivity index (χ2v) is 7.93. The minimum atomic E-state index is -4.16. The number of furan rings is 1. The molecule has 0 amide bonds. The van der Waals surface area contributed by atoms with Gasteiger partial charge in [0.1, 0.15) is 5.76 Å². The molecule has 1 atom stereocenters. The smallest absolute Gasteiger partial charge is 0.401 e. The van der Waals surface area contributed by atoms with Gasteiger partial charge >= 0.3 is 6.18 Å². The molecule has 1 aliphatic rings. The summed E-state index contributed by atoms with van der Waals surface area (Å²) >= 11 is 0. The normalized spacial score (nSPS) is 18.0. The van der Waals surface area contributed by atoms with Crippen molar-refractivity contribution in [3.8, 4) is 0 Å². The fraction of sp³-hybridized carbons (Fsp3) is 0.500. The molecule has 1 aliphatic heterocycles. The van der Waals surface area contributed by atoms with Crippen LogP contribution >= 0.6 is 0 Å². The van der Waals surface area contributed by atoms with Gasteiger partial charge in [0.15, 0.2) is 5.96 Å². The van der Waals surface area contributed by atoms with Gasteiger partial charge in [-0.1, -0.05) is 24.3 Å². The van der Waals surface area contributed by atoms with E-state index < -0.39 is 12.7 Å². The second-order valence-electron chi connectivity index (χ2n) is 7.93. The third kappa shape index (κ3) is 7.59. The van der Waals surface area contributed by atoms with E-state index in [1.54, 1.807) is 13.3 Å². The zero-order chi connectivity index (χ0) is 22.3. The van der Waals surface area contributed by atoms with Gasteiger partial charge in [-0.05, 0) is 36.7 Å². The van der Waals surface area contributed by atoms with E-state index in [0.29, 0.717) is 38.6 Å². The number of likely N-dealkylation sites (tertiary alicyclic amines) is 1. The van der Waals surface area contributed by atoms with Crippen LogP contribution in [0.3, 0.4) is 0 Å². The van der Waals surface area contributed by atoms with E-state index in [1.165, 1.54) is 10.5 Å². The van der Waals surface area contributed by atoms with Crippen LogP contribution in [0.2, 0.25) is 0 Å². The van der Waals surface area contributed by atoms with Crippen molar-refractivity contribution in [3.05, 3.63) is 59.5 Å². The van der Waals surface area contributed by atoms with Crippen molar-refractivity contribution in [2.24, 2.45) is 4.99 Å². The molecule has 0 aliphatic carbocycles. The van der Waals surface area contributed by atoms with Gasteiger partial charge in [-0.3, -0.25) is 14.8 Å². The summed E-state index contributed by atoms with van der Waals surface area (Å²) in [6, 6.07) is 12.0. The predicted octanol–water partition coefficient (Wildman–Crippen LogP) is 3.21. The summed E-state index contributed by atoms with van der Waals surface area (Å²) in [5.74, 6) is 1.51. The number of nitrogens with one attached hydrogen (secondary N) is 2. The number of rotatable bonds is 8. The molecular formula is C22H30F3N5O. The van der Waals surface area contributed by atoms with Crippen LogP contribution in [0.25, 0.3) is 0 Å². The largest absolute Gasteiger partial charge is 0.468 e. The van der Waals surface area contributed by atoms with Crippen LogP contribution in [0.4, 0.5) is 13.2 Å². The zero-order valence-electron chi connectivity index (χ0n) is 18.0. The van der Waals surface area contributed by atoms with Crippen molar-refractivity contribution >= 4 is 5.96 Å². The molecule has 0 radical (unpaired) electrons. The lowest BCUT2D eigenvalue weighted by atomic mass is 10.1. The van der Waals surface area contributed by atoms with E-state index in [-0.39, 0.29) is 6.04 Å². The van der Waals surface area contributed by atoms with E-state index >= 15 is 0 Å². The maximum atomic E-state index is 12.6. The van der Waals surface area contributed by atoms with Crippen LogP contribution in [0, 0.1) is 0 Å². The first-order valence-electron chi connectivity index (χ1n) is 10.4. The van der Waals surface area contributed by atoms with Gasteiger partial charge in [-0.2, -0.15) is 13.2 Å². The molecule has 0 bridgehead atoms. The van der Waals surface area contributed by atoms with Crippen LogP contribution in [-0.2, 0) is 19.6 Å². The van der Waals surface area contributed by atoms with Crippen molar-refractivity contribution in [2.75, 3.05) is 33.7 Å². The molecule has 31 heavy (non-hydrogen) atoms. The molecule has 0 saturated carbocycles. The van der Waals surface area contributed by atoms with Gasteiger partial charge in [-0.15, -0.1) is 0 Å². The zero-order valence-corrected chi connectivity index (χ0v) is 18.0. The lowest BCUT2D eigenvalue weighted by Crippen LogP contribution is -2.45. The standard InChI is InChI=1S/C22H30F3N5O/c1-26-21(28-19-9-10-30(14-19)16-22(23,24)25)27-12-17-6-3-4-7-18(17)13-29(2)15-20-8-5-11-31-20/h3-8,11,19H,9-10,12-16H2,1-2H3,(H2,26,27,28). The molecule has 1 unspecified atom stereocenters. The molecule has 2 N–H and O–H groups in total. The summed E-state index contributed by atoms with van der Waals surface area (Å²) in [5, 5.41) is 6.54. The summed E-state index contributed by atoms with van der Waals surface area (Å²) in [6.45, 7) is 1.97. The Kier molecular flexibility index (Phi) is 7.97. The van der Waals surface area contributed by atoms with Crippen LogP contribution in [0.5, 0.6) is 0 Å². The van der Waals surface area contributed by atoms with E-state index in [0.717, 1.165) is 17.9 Å². The maximum absolute atomic E-state index is 12.6. The molecule has 170 valence electrons. The highest BCUT2D eigenvalue weighted by atomic mass is 19.4. The summed E-state index contributed by atoms with van der Waals surface area (Å²) < 4.78 is 43.2. The Balaban J connectivity index is 1.50.